The molecule has 1 aliphatic rings. The second-order valence-electron chi connectivity index (χ2n) is 5.42. The van der Waals surface area contributed by atoms with E-state index in [0.29, 0.717) is 17.7 Å². The van der Waals surface area contributed by atoms with Gasteiger partial charge in [-0.3, -0.25) is 4.90 Å². The summed E-state index contributed by atoms with van der Waals surface area (Å²) in [7, 11) is 3.72. The van der Waals surface area contributed by atoms with E-state index in [9.17, 15) is 5.11 Å². The molecule has 1 aliphatic carbocycles. The van der Waals surface area contributed by atoms with Crippen LogP contribution in [0, 0.1) is 5.92 Å². The third-order valence-corrected chi connectivity index (χ3v) is 4.16. The first-order chi connectivity index (χ1) is 9.15. The molecule has 0 aromatic heterocycles. The van der Waals surface area contributed by atoms with Crippen molar-refractivity contribution in [3.05, 3.63) is 23.8 Å². The number of benzene rings is 1. The Hall–Kier alpha value is -1.26. The summed E-state index contributed by atoms with van der Waals surface area (Å²) < 4.78 is 5.15. The van der Waals surface area contributed by atoms with Gasteiger partial charge in [-0.15, -0.1) is 0 Å². The number of hydrogen-bond donors (Lipinski definition) is 2. The smallest absolute Gasteiger partial charge is 0.160 e. The zero-order valence-corrected chi connectivity index (χ0v) is 11.8. The van der Waals surface area contributed by atoms with Crippen molar-refractivity contribution in [1.29, 1.82) is 0 Å². The molecule has 19 heavy (non-hydrogen) atoms. The Bertz CT molecular complexity index is 423. The summed E-state index contributed by atoms with van der Waals surface area (Å²) in [6.07, 6.45) is 3.74. The molecule has 3 N–H and O–H groups in total. The lowest BCUT2D eigenvalue weighted by Gasteiger charge is -2.29. The number of methoxy groups -OCH3 is 1. The molecule has 1 fully saturated rings. The standard InChI is InChI=1S/C15H24N2O2/c1-17(13-5-3-4-12(13)9-16)10-11-6-7-14(18)15(8-11)19-2/h6-8,12-13,18H,3-5,9-10,16H2,1-2H3. The summed E-state index contributed by atoms with van der Waals surface area (Å²) in [5, 5.41) is 9.61. The fraction of sp³-hybridized carbons (Fsp3) is 0.600. The number of ether oxygens (including phenoxy) is 1. The average molecular weight is 264 g/mol. The molecule has 0 amide bonds. The topological polar surface area (TPSA) is 58.7 Å². The highest BCUT2D eigenvalue weighted by Gasteiger charge is 2.29. The molecule has 0 aliphatic heterocycles. The Balaban J connectivity index is 2.04. The van der Waals surface area contributed by atoms with Crippen LogP contribution in [0.5, 0.6) is 11.5 Å². The maximum atomic E-state index is 9.61. The van der Waals surface area contributed by atoms with Gasteiger partial charge in [-0.2, -0.15) is 0 Å². The van der Waals surface area contributed by atoms with E-state index in [0.717, 1.165) is 18.7 Å². The molecule has 1 aromatic carbocycles. The van der Waals surface area contributed by atoms with E-state index >= 15 is 0 Å². The second-order valence-corrected chi connectivity index (χ2v) is 5.42. The van der Waals surface area contributed by atoms with Crippen LogP contribution < -0.4 is 10.5 Å². The molecule has 2 atom stereocenters. The van der Waals surface area contributed by atoms with Crippen LogP contribution in [-0.4, -0.2) is 36.8 Å². The molecule has 4 heteroatoms. The Labute approximate surface area is 115 Å². The lowest BCUT2D eigenvalue weighted by atomic mass is 10.0. The highest BCUT2D eigenvalue weighted by Crippen LogP contribution is 2.31. The minimum Gasteiger partial charge on any atom is -0.504 e. The predicted molar refractivity (Wildman–Crippen MR) is 76.3 cm³/mol. The molecule has 0 saturated heterocycles. The summed E-state index contributed by atoms with van der Waals surface area (Å²) >= 11 is 0. The van der Waals surface area contributed by atoms with Gasteiger partial charge in [0, 0.05) is 12.6 Å². The van der Waals surface area contributed by atoms with Crippen molar-refractivity contribution >= 4 is 0 Å². The van der Waals surface area contributed by atoms with Crippen LogP contribution in [0.1, 0.15) is 24.8 Å². The van der Waals surface area contributed by atoms with Crippen molar-refractivity contribution in [1.82, 2.24) is 4.90 Å². The van der Waals surface area contributed by atoms with Crippen LogP contribution >= 0.6 is 0 Å². The highest BCUT2D eigenvalue weighted by atomic mass is 16.5. The van der Waals surface area contributed by atoms with Gasteiger partial charge in [-0.05, 0) is 50.0 Å². The van der Waals surface area contributed by atoms with Crippen molar-refractivity contribution in [2.75, 3.05) is 20.7 Å². The van der Waals surface area contributed by atoms with E-state index < -0.39 is 0 Å². The Morgan fingerprint density at radius 3 is 2.89 bits per heavy atom. The van der Waals surface area contributed by atoms with Crippen LogP contribution in [0.4, 0.5) is 0 Å². The molecule has 1 aromatic rings. The Kier molecular flexibility index (Phi) is 4.66. The minimum atomic E-state index is 0.189. The average Bonchev–Trinajstić information content (AvgIpc) is 2.89. The van der Waals surface area contributed by atoms with Crippen LogP contribution in [0.3, 0.4) is 0 Å². The van der Waals surface area contributed by atoms with Gasteiger partial charge in [0.25, 0.3) is 0 Å². The largest absolute Gasteiger partial charge is 0.504 e. The number of nitrogens with zero attached hydrogens (tertiary/aromatic N) is 1. The van der Waals surface area contributed by atoms with Gasteiger partial charge < -0.3 is 15.6 Å². The van der Waals surface area contributed by atoms with Crippen molar-refractivity contribution < 1.29 is 9.84 Å². The monoisotopic (exact) mass is 264 g/mol. The highest BCUT2D eigenvalue weighted by molar-refractivity contribution is 5.41. The molecule has 1 saturated carbocycles. The van der Waals surface area contributed by atoms with Crippen molar-refractivity contribution in [2.45, 2.75) is 31.8 Å². The molecule has 2 rings (SSSR count). The summed E-state index contributed by atoms with van der Waals surface area (Å²) in [4.78, 5) is 2.37. The van der Waals surface area contributed by atoms with E-state index in [1.807, 2.05) is 12.1 Å². The first kappa shape index (κ1) is 14.2. The number of aromatic hydroxyl groups is 1. The number of phenols is 1. The normalized spacial score (nSPS) is 22.9. The van der Waals surface area contributed by atoms with Crippen LogP contribution in [0.2, 0.25) is 0 Å². The molecule has 0 heterocycles. The van der Waals surface area contributed by atoms with Gasteiger partial charge in [-0.1, -0.05) is 12.5 Å². The number of hydrogen-bond acceptors (Lipinski definition) is 4. The Morgan fingerprint density at radius 2 is 2.21 bits per heavy atom. The number of phenolic OH excluding ortho intramolecular Hbond substituents is 1. The van der Waals surface area contributed by atoms with Crippen LogP contribution in [0.15, 0.2) is 18.2 Å². The van der Waals surface area contributed by atoms with Gasteiger partial charge in [0.1, 0.15) is 0 Å². The van der Waals surface area contributed by atoms with Gasteiger partial charge in [0.2, 0.25) is 0 Å². The lowest BCUT2D eigenvalue weighted by Crippen LogP contribution is -2.37. The summed E-state index contributed by atoms with van der Waals surface area (Å²) in [6.45, 7) is 1.63. The zero-order chi connectivity index (χ0) is 13.8. The maximum absolute atomic E-state index is 9.61. The lowest BCUT2D eigenvalue weighted by molar-refractivity contribution is 0.192. The SMILES string of the molecule is COc1cc(CN(C)C2CCCC2CN)ccc1O. The van der Waals surface area contributed by atoms with Crippen molar-refractivity contribution in [3.8, 4) is 11.5 Å². The number of nitrogens with two attached hydrogens (primary N) is 1. The number of rotatable bonds is 5. The van der Waals surface area contributed by atoms with E-state index in [2.05, 4.69) is 11.9 Å². The molecular weight excluding hydrogens is 240 g/mol. The van der Waals surface area contributed by atoms with E-state index in [1.165, 1.54) is 19.3 Å². The van der Waals surface area contributed by atoms with Gasteiger partial charge in [0.05, 0.1) is 7.11 Å². The summed E-state index contributed by atoms with van der Waals surface area (Å²) in [5.74, 6) is 1.34. The molecule has 2 unspecified atom stereocenters. The fourth-order valence-corrected chi connectivity index (χ4v) is 3.10. The zero-order valence-electron chi connectivity index (χ0n) is 11.8. The van der Waals surface area contributed by atoms with E-state index in [4.69, 9.17) is 10.5 Å². The molecule has 106 valence electrons. The van der Waals surface area contributed by atoms with Gasteiger partial charge in [-0.25, -0.2) is 0 Å². The predicted octanol–water partition coefficient (Wildman–Crippen LogP) is 1.96. The summed E-state index contributed by atoms with van der Waals surface area (Å²) in [5.41, 5.74) is 6.99. The van der Waals surface area contributed by atoms with Crippen molar-refractivity contribution in [2.24, 2.45) is 11.7 Å². The molecule has 0 spiro atoms. The summed E-state index contributed by atoms with van der Waals surface area (Å²) in [6, 6.07) is 6.11. The van der Waals surface area contributed by atoms with Gasteiger partial charge in [0.15, 0.2) is 11.5 Å². The quantitative estimate of drug-likeness (QED) is 0.853. The first-order valence-corrected chi connectivity index (χ1v) is 6.92. The third kappa shape index (κ3) is 3.19. The fourth-order valence-electron chi connectivity index (χ4n) is 3.10. The molecule has 0 bridgehead atoms. The van der Waals surface area contributed by atoms with Crippen molar-refractivity contribution in [3.63, 3.8) is 0 Å². The van der Waals surface area contributed by atoms with Gasteiger partial charge >= 0.3 is 0 Å². The van der Waals surface area contributed by atoms with Crippen LogP contribution in [0.25, 0.3) is 0 Å². The first-order valence-electron chi connectivity index (χ1n) is 6.92. The second kappa shape index (κ2) is 6.26. The third-order valence-electron chi connectivity index (χ3n) is 4.16. The van der Waals surface area contributed by atoms with E-state index in [-0.39, 0.29) is 5.75 Å². The van der Waals surface area contributed by atoms with Crippen LogP contribution in [-0.2, 0) is 6.54 Å². The maximum Gasteiger partial charge on any atom is 0.160 e. The molecule has 0 radical (unpaired) electrons. The molecule has 4 nitrogen and oxygen atoms in total. The van der Waals surface area contributed by atoms with E-state index in [1.54, 1.807) is 13.2 Å². The molecular formula is C15H24N2O2. The Morgan fingerprint density at radius 1 is 1.42 bits per heavy atom. The minimum absolute atomic E-state index is 0.189.